The van der Waals surface area contributed by atoms with Gasteiger partial charge < -0.3 is 9.64 Å². The van der Waals surface area contributed by atoms with Gasteiger partial charge in [0.25, 0.3) is 0 Å². The van der Waals surface area contributed by atoms with Gasteiger partial charge in [0.1, 0.15) is 5.82 Å². The summed E-state index contributed by atoms with van der Waals surface area (Å²) < 4.78 is 18.4. The van der Waals surface area contributed by atoms with E-state index in [4.69, 9.17) is 4.74 Å². The second-order valence-electron chi connectivity index (χ2n) is 5.37. The Morgan fingerprint density at radius 3 is 2.95 bits per heavy atom. The monoisotopic (exact) mass is 300 g/mol. The molecular formula is C17H17FN2O2. The van der Waals surface area contributed by atoms with Gasteiger partial charge in [0.05, 0.1) is 13.2 Å². The summed E-state index contributed by atoms with van der Waals surface area (Å²) in [7, 11) is 0. The molecule has 114 valence electrons. The van der Waals surface area contributed by atoms with Gasteiger partial charge in [-0.05, 0) is 42.7 Å². The molecule has 1 aromatic carbocycles. The van der Waals surface area contributed by atoms with Crippen molar-refractivity contribution in [2.75, 3.05) is 13.2 Å². The summed E-state index contributed by atoms with van der Waals surface area (Å²) in [5.41, 5.74) is 3.42. The second-order valence-corrected chi connectivity index (χ2v) is 5.37. The van der Waals surface area contributed by atoms with E-state index < -0.39 is 0 Å². The van der Waals surface area contributed by atoms with Crippen LogP contribution < -0.4 is 0 Å². The van der Waals surface area contributed by atoms with Gasteiger partial charge in [0.15, 0.2) is 0 Å². The molecule has 5 heteroatoms. The largest absolute Gasteiger partial charge is 0.449 e. The maximum absolute atomic E-state index is 13.4. The van der Waals surface area contributed by atoms with Crippen LogP contribution in [0.15, 0.2) is 36.5 Å². The molecule has 0 atom stereocenters. The SMILES string of the molecule is Cc1ncc(-c2cccc(F)c2)cc1CN1CCCOC1=O. The molecule has 22 heavy (non-hydrogen) atoms. The lowest BCUT2D eigenvalue weighted by atomic mass is 10.0. The minimum absolute atomic E-state index is 0.278. The topological polar surface area (TPSA) is 42.4 Å². The highest BCUT2D eigenvalue weighted by atomic mass is 19.1. The van der Waals surface area contributed by atoms with E-state index in [1.165, 1.54) is 12.1 Å². The second kappa shape index (κ2) is 6.13. The first-order chi connectivity index (χ1) is 10.6. The molecule has 0 saturated carbocycles. The first-order valence-corrected chi connectivity index (χ1v) is 7.26. The molecule has 0 N–H and O–H groups in total. The molecule has 0 unspecified atom stereocenters. The zero-order valence-corrected chi connectivity index (χ0v) is 12.4. The van der Waals surface area contributed by atoms with Crippen molar-refractivity contribution in [2.45, 2.75) is 19.9 Å². The van der Waals surface area contributed by atoms with Crippen LogP contribution in [0.3, 0.4) is 0 Å². The standard InChI is InChI=1S/C17H17FN2O2/c1-12-15(11-20-6-3-7-22-17(20)21)8-14(10-19-12)13-4-2-5-16(18)9-13/h2,4-5,8-10H,3,6-7,11H2,1H3. The fourth-order valence-electron chi connectivity index (χ4n) is 2.51. The maximum Gasteiger partial charge on any atom is 0.410 e. The molecule has 1 aliphatic heterocycles. The van der Waals surface area contributed by atoms with Crippen molar-refractivity contribution in [3.05, 3.63) is 53.6 Å². The Morgan fingerprint density at radius 2 is 2.18 bits per heavy atom. The van der Waals surface area contributed by atoms with Crippen LogP contribution in [0.25, 0.3) is 11.1 Å². The number of rotatable bonds is 3. The highest BCUT2D eigenvalue weighted by Gasteiger charge is 2.20. The van der Waals surface area contributed by atoms with Crippen molar-refractivity contribution in [3.8, 4) is 11.1 Å². The van der Waals surface area contributed by atoms with Crippen molar-refractivity contribution in [1.29, 1.82) is 0 Å². The molecule has 3 rings (SSSR count). The van der Waals surface area contributed by atoms with Gasteiger partial charge in [0.2, 0.25) is 0 Å². The van der Waals surface area contributed by atoms with Crippen LogP contribution in [0.2, 0.25) is 0 Å². The van der Waals surface area contributed by atoms with Crippen LogP contribution in [0.4, 0.5) is 9.18 Å². The number of cyclic esters (lactones) is 1. The summed E-state index contributed by atoms with van der Waals surface area (Å²) in [6, 6.07) is 8.36. The summed E-state index contributed by atoms with van der Waals surface area (Å²) in [5.74, 6) is -0.278. The van der Waals surface area contributed by atoms with E-state index in [1.54, 1.807) is 17.2 Å². The van der Waals surface area contributed by atoms with E-state index in [9.17, 15) is 9.18 Å². The van der Waals surface area contributed by atoms with E-state index in [2.05, 4.69) is 4.98 Å². The first-order valence-electron chi connectivity index (χ1n) is 7.26. The number of aryl methyl sites for hydroxylation is 1. The van der Waals surface area contributed by atoms with E-state index in [0.717, 1.165) is 28.8 Å². The third kappa shape index (κ3) is 3.08. The van der Waals surface area contributed by atoms with Gasteiger partial charge in [-0.1, -0.05) is 12.1 Å². The van der Waals surface area contributed by atoms with Crippen LogP contribution in [-0.2, 0) is 11.3 Å². The molecular weight excluding hydrogens is 283 g/mol. The first kappa shape index (κ1) is 14.5. The van der Waals surface area contributed by atoms with Crippen molar-refractivity contribution in [1.82, 2.24) is 9.88 Å². The number of pyridine rings is 1. The molecule has 1 fully saturated rings. The summed E-state index contributed by atoms with van der Waals surface area (Å²) in [6.07, 6.45) is 2.27. The molecule has 1 aliphatic rings. The van der Waals surface area contributed by atoms with Gasteiger partial charge in [0, 0.05) is 24.0 Å². The number of benzene rings is 1. The average Bonchev–Trinajstić information content (AvgIpc) is 2.51. The van der Waals surface area contributed by atoms with E-state index >= 15 is 0 Å². The lowest BCUT2D eigenvalue weighted by molar-refractivity contribution is 0.0699. The maximum atomic E-state index is 13.4. The Morgan fingerprint density at radius 1 is 1.32 bits per heavy atom. The fourth-order valence-corrected chi connectivity index (χ4v) is 2.51. The van der Waals surface area contributed by atoms with Gasteiger partial charge in [-0.25, -0.2) is 9.18 Å². The number of aromatic nitrogens is 1. The minimum Gasteiger partial charge on any atom is -0.449 e. The Hall–Kier alpha value is -2.43. The lowest BCUT2D eigenvalue weighted by Gasteiger charge is -2.26. The van der Waals surface area contributed by atoms with Gasteiger partial charge in [-0.3, -0.25) is 4.98 Å². The minimum atomic E-state index is -0.290. The molecule has 2 aromatic rings. The Kier molecular flexibility index (Phi) is 4.04. The molecule has 1 saturated heterocycles. The Labute approximate surface area is 128 Å². The van der Waals surface area contributed by atoms with Crippen molar-refractivity contribution in [2.24, 2.45) is 0 Å². The number of carbonyl (C=O) groups excluding carboxylic acids is 1. The summed E-state index contributed by atoms with van der Waals surface area (Å²) in [5, 5.41) is 0. The number of ether oxygens (including phenoxy) is 1. The number of hydrogen-bond acceptors (Lipinski definition) is 3. The van der Waals surface area contributed by atoms with Crippen LogP contribution in [-0.4, -0.2) is 29.1 Å². The molecule has 1 aromatic heterocycles. The number of carbonyl (C=O) groups is 1. The molecule has 4 nitrogen and oxygen atoms in total. The summed E-state index contributed by atoms with van der Waals surface area (Å²) in [6.45, 7) is 3.53. The van der Waals surface area contributed by atoms with Gasteiger partial charge in [-0.2, -0.15) is 0 Å². The zero-order chi connectivity index (χ0) is 15.5. The smallest absolute Gasteiger partial charge is 0.410 e. The molecule has 1 amide bonds. The lowest BCUT2D eigenvalue weighted by Crippen LogP contribution is -2.37. The highest BCUT2D eigenvalue weighted by Crippen LogP contribution is 2.23. The molecule has 0 bridgehead atoms. The molecule has 0 radical (unpaired) electrons. The number of hydrogen-bond donors (Lipinski definition) is 0. The van der Waals surface area contributed by atoms with E-state index in [-0.39, 0.29) is 11.9 Å². The van der Waals surface area contributed by atoms with E-state index in [0.29, 0.717) is 19.7 Å². The van der Waals surface area contributed by atoms with Gasteiger partial charge >= 0.3 is 6.09 Å². The number of nitrogens with zero attached hydrogens (tertiary/aromatic N) is 2. The normalized spacial score (nSPS) is 14.8. The Bertz CT molecular complexity index is 703. The number of amides is 1. The quantitative estimate of drug-likeness (QED) is 0.870. The summed E-state index contributed by atoms with van der Waals surface area (Å²) >= 11 is 0. The highest BCUT2D eigenvalue weighted by molar-refractivity contribution is 5.69. The van der Waals surface area contributed by atoms with Gasteiger partial charge in [-0.15, -0.1) is 0 Å². The summed E-state index contributed by atoms with van der Waals surface area (Å²) in [4.78, 5) is 17.8. The van der Waals surface area contributed by atoms with Crippen molar-refractivity contribution < 1.29 is 13.9 Å². The third-order valence-corrected chi connectivity index (χ3v) is 3.77. The molecule has 0 spiro atoms. The van der Waals surface area contributed by atoms with Crippen molar-refractivity contribution in [3.63, 3.8) is 0 Å². The molecule has 0 aliphatic carbocycles. The average molecular weight is 300 g/mol. The van der Waals surface area contributed by atoms with Crippen LogP contribution in [0, 0.1) is 12.7 Å². The van der Waals surface area contributed by atoms with E-state index in [1.807, 2.05) is 19.1 Å². The van der Waals surface area contributed by atoms with Crippen LogP contribution in [0.5, 0.6) is 0 Å². The van der Waals surface area contributed by atoms with Crippen molar-refractivity contribution >= 4 is 6.09 Å². The zero-order valence-electron chi connectivity index (χ0n) is 12.4. The van der Waals surface area contributed by atoms with Crippen LogP contribution >= 0.6 is 0 Å². The predicted octanol–water partition coefficient (Wildman–Crippen LogP) is 3.54. The predicted molar refractivity (Wildman–Crippen MR) is 80.7 cm³/mol. The number of halogens is 1. The Balaban J connectivity index is 1.88. The molecule has 2 heterocycles. The third-order valence-electron chi connectivity index (χ3n) is 3.77. The fraction of sp³-hybridized carbons (Fsp3) is 0.294. The van der Waals surface area contributed by atoms with Crippen LogP contribution in [0.1, 0.15) is 17.7 Å².